The molecule has 0 aromatic heterocycles. The lowest BCUT2D eigenvalue weighted by atomic mass is 9.79. The van der Waals surface area contributed by atoms with E-state index < -0.39 is 28.3 Å². The number of likely N-dealkylation sites (N-methyl/N-ethyl adjacent to an activating group) is 1. The fourth-order valence-electron chi connectivity index (χ4n) is 4.65. The number of sulfonamides is 1. The highest BCUT2D eigenvalue weighted by atomic mass is 32.2. The van der Waals surface area contributed by atoms with E-state index in [0.717, 1.165) is 35.3 Å². The van der Waals surface area contributed by atoms with Gasteiger partial charge in [0.05, 0.1) is 16.9 Å². The van der Waals surface area contributed by atoms with Gasteiger partial charge in [0.15, 0.2) is 0 Å². The van der Waals surface area contributed by atoms with Gasteiger partial charge in [-0.1, -0.05) is 38.0 Å². The predicted octanol–water partition coefficient (Wildman–Crippen LogP) is 5.04. The molecule has 2 heterocycles. The van der Waals surface area contributed by atoms with Gasteiger partial charge in [0.1, 0.15) is 4.90 Å². The van der Waals surface area contributed by atoms with Gasteiger partial charge in [-0.2, -0.15) is 4.31 Å². The topological polar surface area (TPSA) is 59.1 Å². The van der Waals surface area contributed by atoms with Crippen LogP contribution < -0.4 is 10.4 Å². The third kappa shape index (κ3) is 4.78. The largest absolute Gasteiger partial charge is 0.496 e. The number of thioether (sulfide) groups is 1. The van der Waals surface area contributed by atoms with Gasteiger partial charge in [-0.15, -0.1) is 11.8 Å². The third-order valence-electron chi connectivity index (χ3n) is 7.63. The number of unbranched alkanes of at least 4 members (excludes halogenated alkanes) is 1. The SMILES string of the molecule is CCCCC1CN(c2ccccc2)c2cc(SC)c(B3OC(C)(C)C(C)(C)O3)cc2S(=O)(=O)N1C. The van der Waals surface area contributed by atoms with Crippen molar-refractivity contribution in [3.63, 3.8) is 0 Å². The van der Waals surface area contributed by atoms with Crippen LogP contribution in [0.2, 0.25) is 0 Å². The second kappa shape index (κ2) is 9.74. The normalized spacial score (nSPS) is 23.2. The molecule has 0 radical (unpaired) electrons. The van der Waals surface area contributed by atoms with Crippen LogP contribution in [0.15, 0.2) is 52.3 Å². The van der Waals surface area contributed by atoms with E-state index in [1.165, 1.54) is 0 Å². The van der Waals surface area contributed by atoms with Crippen molar-refractivity contribution >= 4 is 45.7 Å². The molecule has 0 aliphatic carbocycles. The maximum Gasteiger partial charge on any atom is 0.496 e. The first kappa shape index (κ1) is 26.5. The number of fused-ring (bicyclic) bond motifs is 1. The summed E-state index contributed by atoms with van der Waals surface area (Å²) < 4.78 is 42.3. The second-order valence-corrected chi connectivity index (χ2v) is 13.2. The fraction of sp³-hybridized carbons (Fsp3) is 0.538. The molecule has 0 spiro atoms. The Hall–Kier alpha value is -1.52. The number of benzene rings is 2. The summed E-state index contributed by atoms with van der Waals surface area (Å²) in [7, 11) is -2.67. The number of rotatable bonds is 6. The van der Waals surface area contributed by atoms with Crippen LogP contribution in [0.5, 0.6) is 0 Å². The lowest BCUT2D eigenvalue weighted by Gasteiger charge is -2.32. The van der Waals surface area contributed by atoms with Gasteiger partial charge in [-0.25, -0.2) is 8.42 Å². The zero-order valence-corrected chi connectivity index (χ0v) is 23.5. The van der Waals surface area contributed by atoms with Crippen LogP contribution in [0.1, 0.15) is 53.9 Å². The summed E-state index contributed by atoms with van der Waals surface area (Å²) in [6.07, 6.45) is 4.80. The van der Waals surface area contributed by atoms with Crippen LogP contribution >= 0.6 is 11.8 Å². The summed E-state index contributed by atoms with van der Waals surface area (Å²) in [6, 6.07) is 13.7. The van der Waals surface area contributed by atoms with Crippen molar-refractivity contribution in [3.05, 3.63) is 42.5 Å². The summed E-state index contributed by atoms with van der Waals surface area (Å²) in [5.74, 6) is 0. The number of anilines is 2. The molecule has 1 fully saturated rings. The molecule has 190 valence electrons. The fourth-order valence-corrected chi connectivity index (χ4v) is 6.86. The van der Waals surface area contributed by atoms with E-state index in [4.69, 9.17) is 9.31 Å². The first-order valence-corrected chi connectivity index (χ1v) is 15.0. The maximum atomic E-state index is 14.0. The smallest absolute Gasteiger partial charge is 0.399 e. The minimum atomic E-state index is -3.74. The molecular formula is C26H37BN2O4S2. The van der Waals surface area contributed by atoms with E-state index >= 15 is 0 Å². The molecule has 2 aromatic rings. The van der Waals surface area contributed by atoms with E-state index in [1.807, 2.05) is 70.3 Å². The van der Waals surface area contributed by atoms with Crippen molar-refractivity contribution in [2.24, 2.45) is 0 Å². The van der Waals surface area contributed by atoms with Crippen LogP contribution in [0.25, 0.3) is 0 Å². The zero-order valence-electron chi connectivity index (χ0n) is 21.9. The molecule has 9 heteroatoms. The van der Waals surface area contributed by atoms with Crippen molar-refractivity contribution in [1.29, 1.82) is 0 Å². The molecule has 2 aliphatic rings. The number of hydrogen-bond donors (Lipinski definition) is 0. The lowest BCUT2D eigenvalue weighted by Crippen LogP contribution is -2.41. The lowest BCUT2D eigenvalue weighted by molar-refractivity contribution is 0.00578. The maximum absolute atomic E-state index is 14.0. The van der Waals surface area contributed by atoms with Crippen LogP contribution in [-0.4, -0.2) is 56.9 Å². The van der Waals surface area contributed by atoms with E-state index in [-0.39, 0.29) is 6.04 Å². The second-order valence-electron chi connectivity index (χ2n) is 10.4. The van der Waals surface area contributed by atoms with Gasteiger partial charge >= 0.3 is 7.12 Å². The van der Waals surface area contributed by atoms with Crippen molar-refractivity contribution < 1.29 is 17.7 Å². The Morgan fingerprint density at radius 2 is 1.71 bits per heavy atom. The molecule has 0 N–H and O–H groups in total. The molecule has 6 nitrogen and oxygen atoms in total. The van der Waals surface area contributed by atoms with E-state index in [0.29, 0.717) is 17.1 Å². The minimum absolute atomic E-state index is 0.134. The first-order chi connectivity index (χ1) is 16.4. The van der Waals surface area contributed by atoms with Gasteiger partial charge in [0, 0.05) is 30.2 Å². The zero-order chi connectivity index (χ0) is 25.6. The standard InChI is InChI=1S/C26H37BN2O4S2/c1-8-9-13-20-18-29(19-14-11-10-12-15-19)22-17-23(34-7)21(16-24(22)35(30,31)28(20)6)27-32-25(2,3)26(4,5)33-27/h10-12,14-17,20H,8-9,13,18H2,1-7H3. The predicted molar refractivity (Wildman–Crippen MR) is 146 cm³/mol. The minimum Gasteiger partial charge on any atom is -0.399 e. The van der Waals surface area contributed by atoms with E-state index in [9.17, 15) is 8.42 Å². The van der Waals surface area contributed by atoms with Crippen LogP contribution in [0.4, 0.5) is 11.4 Å². The average Bonchev–Trinajstić information content (AvgIpc) is 3.00. The third-order valence-corrected chi connectivity index (χ3v) is 10.4. The first-order valence-electron chi connectivity index (χ1n) is 12.3. The van der Waals surface area contributed by atoms with Crippen molar-refractivity contribution in [2.45, 2.75) is 80.9 Å². The molecule has 35 heavy (non-hydrogen) atoms. The molecule has 0 amide bonds. The van der Waals surface area contributed by atoms with Crippen molar-refractivity contribution in [1.82, 2.24) is 4.31 Å². The van der Waals surface area contributed by atoms with Gasteiger partial charge in [0.25, 0.3) is 0 Å². The molecule has 0 saturated carbocycles. The summed E-state index contributed by atoms with van der Waals surface area (Å²) in [4.78, 5) is 3.41. The summed E-state index contributed by atoms with van der Waals surface area (Å²) >= 11 is 1.58. The Morgan fingerprint density at radius 1 is 1.09 bits per heavy atom. The van der Waals surface area contributed by atoms with E-state index in [1.54, 1.807) is 29.2 Å². The highest BCUT2D eigenvalue weighted by Crippen LogP contribution is 2.41. The van der Waals surface area contributed by atoms with Crippen molar-refractivity contribution in [3.8, 4) is 0 Å². The molecule has 1 saturated heterocycles. The molecular weight excluding hydrogens is 479 g/mol. The molecule has 2 aliphatic heterocycles. The Morgan fingerprint density at radius 3 is 2.29 bits per heavy atom. The van der Waals surface area contributed by atoms with Crippen molar-refractivity contribution in [2.75, 3.05) is 24.7 Å². The van der Waals surface area contributed by atoms with Gasteiger partial charge in [-0.3, -0.25) is 0 Å². The number of para-hydroxylation sites is 1. The molecule has 1 unspecified atom stereocenters. The van der Waals surface area contributed by atoms with Crippen LogP contribution in [-0.2, 0) is 19.3 Å². The summed E-state index contributed by atoms with van der Waals surface area (Å²) in [6.45, 7) is 10.8. The van der Waals surface area contributed by atoms with Gasteiger partial charge in [0.2, 0.25) is 10.0 Å². The number of nitrogens with zero attached hydrogens (tertiary/aromatic N) is 2. The Labute approximate surface area is 215 Å². The Balaban J connectivity index is 1.91. The number of hydrogen-bond acceptors (Lipinski definition) is 6. The molecule has 1 atom stereocenters. The molecule has 2 aromatic carbocycles. The highest BCUT2D eigenvalue weighted by Gasteiger charge is 2.53. The average molecular weight is 517 g/mol. The quantitative estimate of drug-likeness (QED) is 0.396. The highest BCUT2D eigenvalue weighted by molar-refractivity contribution is 7.98. The monoisotopic (exact) mass is 516 g/mol. The molecule has 0 bridgehead atoms. The Kier molecular flexibility index (Phi) is 7.39. The summed E-state index contributed by atoms with van der Waals surface area (Å²) in [5.41, 5.74) is 1.41. The van der Waals surface area contributed by atoms with Gasteiger partial charge in [-0.05, 0) is 70.1 Å². The van der Waals surface area contributed by atoms with Crippen LogP contribution in [0, 0.1) is 0 Å². The summed E-state index contributed by atoms with van der Waals surface area (Å²) in [5, 5.41) is 0. The van der Waals surface area contributed by atoms with Gasteiger partial charge < -0.3 is 14.2 Å². The van der Waals surface area contributed by atoms with E-state index in [2.05, 4.69) is 11.8 Å². The molecule has 4 rings (SSSR count). The Bertz CT molecular complexity index is 1160. The van der Waals surface area contributed by atoms with Crippen LogP contribution in [0.3, 0.4) is 0 Å².